The molecule has 1 aromatic heterocycles. The third-order valence-electron chi connectivity index (χ3n) is 4.52. The van der Waals surface area contributed by atoms with Crippen molar-refractivity contribution in [2.45, 2.75) is 6.92 Å². The van der Waals surface area contributed by atoms with E-state index < -0.39 is 5.91 Å². The van der Waals surface area contributed by atoms with Crippen LogP contribution in [0.15, 0.2) is 52.9 Å². The van der Waals surface area contributed by atoms with Gasteiger partial charge in [-0.1, -0.05) is 40.9 Å². The number of hydrogen-bond acceptors (Lipinski definition) is 4. The van der Waals surface area contributed by atoms with Crippen molar-refractivity contribution >= 4 is 57.5 Å². The fourth-order valence-corrected chi connectivity index (χ4v) is 3.74. The van der Waals surface area contributed by atoms with E-state index in [1.165, 1.54) is 19.2 Å². The van der Waals surface area contributed by atoms with Crippen LogP contribution < -0.4 is 10.1 Å². The molecule has 3 aromatic carbocycles. The number of anilines is 1. The predicted octanol–water partition coefficient (Wildman–Crippen LogP) is 7.02. The highest BCUT2D eigenvalue weighted by Crippen LogP contribution is 2.33. The van der Waals surface area contributed by atoms with Crippen LogP contribution in [0.3, 0.4) is 0 Å². The molecular weight excluding hydrogens is 447 g/mol. The van der Waals surface area contributed by atoms with Gasteiger partial charge in [0.1, 0.15) is 11.3 Å². The smallest absolute Gasteiger partial charge is 0.259 e. The highest BCUT2D eigenvalue weighted by atomic mass is 35.5. The average molecular weight is 462 g/mol. The molecule has 152 valence electrons. The summed E-state index contributed by atoms with van der Waals surface area (Å²) < 4.78 is 11.1. The molecule has 8 heteroatoms. The van der Waals surface area contributed by atoms with Crippen molar-refractivity contribution in [1.82, 2.24) is 4.98 Å². The number of carbonyl (C=O) groups excluding carboxylic acids is 1. The fraction of sp³-hybridized carbons (Fsp3) is 0.0909. The Morgan fingerprint density at radius 1 is 1.03 bits per heavy atom. The lowest BCUT2D eigenvalue weighted by Crippen LogP contribution is -2.13. The lowest BCUT2D eigenvalue weighted by atomic mass is 10.1. The third kappa shape index (κ3) is 3.97. The van der Waals surface area contributed by atoms with Crippen LogP contribution >= 0.6 is 34.8 Å². The number of amides is 1. The molecule has 0 bridgehead atoms. The topological polar surface area (TPSA) is 64.4 Å². The Bertz CT molecular complexity index is 1280. The molecule has 1 heterocycles. The summed E-state index contributed by atoms with van der Waals surface area (Å²) in [5.41, 5.74) is 3.68. The van der Waals surface area contributed by atoms with Gasteiger partial charge in [0.05, 0.1) is 17.7 Å². The van der Waals surface area contributed by atoms with E-state index in [-0.39, 0.29) is 16.3 Å². The van der Waals surface area contributed by atoms with Gasteiger partial charge in [-0.25, -0.2) is 4.98 Å². The van der Waals surface area contributed by atoms with E-state index in [0.717, 1.165) is 11.1 Å². The number of halogens is 3. The van der Waals surface area contributed by atoms with Gasteiger partial charge in [0, 0.05) is 21.3 Å². The van der Waals surface area contributed by atoms with E-state index in [4.69, 9.17) is 44.0 Å². The molecule has 0 aliphatic rings. The van der Waals surface area contributed by atoms with Gasteiger partial charge >= 0.3 is 0 Å². The van der Waals surface area contributed by atoms with E-state index in [9.17, 15) is 4.79 Å². The Morgan fingerprint density at radius 2 is 1.83 bits per heavy atom. The third-order valence-corrected chi connectivity index (χ3v) is 5.43. The summed E-state index contributed by atoms with van der Waals surface area (Å²) in [5.74, 6) is 0.280. The van der Waals surface area contributed by atoms with Gasteiger partial charge in [-0.05, 0) is 55.0 Å². The van der Waals surface area contributed by atoms with Crippen molar-refractivity contribution in [2.24, 2.45) is 0 Å². The fourth-order valence-electron chi connectivity index (χ4n) is 2.99. The molecular formula is C22H15Cl3N2O3. The van der Waals surface area contributed by atoms with E-state index in [1.54, 1.807) is 24.3 Å². The molecule has 4 rings (SSSR count). The Hall–Kier alpha value is -2.73. The van der Waals surface area contributed by atoms with Crippen LogP contribution in [0.25, 0.3) is 22.6 Å². The minimum absolute atomic E-state index is 0.227. The molecule has 0 aliphatic heterocycles. The average Bonchev–Trinajstić information content (AvgIpc) is 3.13. The summed E-state index contributed by atoms with van der Waals surface area (Å²) in [4.78, 5) is 17.3. The maximum Gasteiger partial charge on any atom is 0.259 e. The summed E-state index contributed by atoms with van der Waals surface area (Å²) in [7, 11) is 1.44. The largest absolute Gasteiger partial charge is 0.494 e. The molecule has 0 saturated heterocycles. The van der Waals surface area contributed by atoms with Crippen molar-refractivity contribution in [1.29, 1.82) is 0 Å². The molecule has 0 atom stereocenters. The SMILES string of the molecule is COc1c(Cl)cc(Cl)cc1C(=O)Nc1ccc2oc(-c3ccc(C)c(Cl)c3)nc2c1. The summed E-state index contributed by atoms with van der Waals surface area (Å²) in [6, 6.07) is 13.8. The highest BCUT2D eigenvalue weighted by molar-refractivity contribution is 6.36. The van der Waals surface area contributed by atoms with E-state index in [1.807, 2.05) is 19.1 Å². The maximum absolute atomic E-state index is 12.8. The van der Waals surface area contributed by atoms with Crippen molar-refractivity contribution < 1.29 is 13.9 Å². The van der Waals surface area contributed by atoms with Gasteiger partial charge in [0.15, 0.2) is 5.58 Å². The normalized spacial score (nSPS) is 11.0. The minimum atomic E-state index is -0.412. The summed E-state index contributed by atoms with van der Waals surface area (Å²) >= 11 is 18.4. The van der Waals surface area contributed by atoms with Crippen LogP contribution in [-0.2, 0) is 0 Å². The maximum atomic E-state index is 12.8. The zero-order valence-electron chi connectivity index (χ0n) is 15.9. The number of oxazole rings is 1. The first-order valence-corrected chi connectivity index (χ1v) is 10.0. The number of ether oxygens (including phenoxy) is 1. The number of aromatic nitrogens is 1. The van der Waals surface area contributed by atoms with Gasteiger partial charge in [0.25, 0.3) is 5.91 Å². The van der Waals surface area contributed by atoms with Crippen molar-refractivity contribution in [2.75, 3.05) is 12.4 Å². The number of benzene rings is 3. The number of nitrogens with zero attached hydrogens (tertiary/aromatic N) is 1. The van der Waals surface area contributed by atoms with Crippen LogP contribution in [0, 0.1) is 6.92 Å². The van der Waals surface area contributed by atoms with Crippen LogP contribution in [0.4, 0.5) is 5.69 Å². The molecule has 1 amide bonds. The van der Waals surface area contributed by atoms with Gasteiger partial charge in [-0.15, -0.1) is 0 Å². The lowest BCUT2D eigenvalue weighted by Gasteiger charge is -2.11. The highest BCUT2D eigenvalue weighted by Gasteiger charge is 2.18. The van der Waals surface area contributed by atoms with Crippen LogP contribution in [0.1, 0.15) is 15.9 Å². The Balaban J connectivity index is 1.64. The van der Waals surface area contributed by atoms with Crippen molar-refractivity contribution in [3.63, 3.8) is 0 Å². The standard InChI is InChI=1S/C22H15Cl3N2O3/c1-11-3-4-12(7-16(11)24)22-27-18-10-14(5-6-19(18)30-22)26-21(28)15-8-13(23)9-17(25)20(15)29-2/h3-10H,1-2H3,(H,26,28). The first-order valence-electron chi connectivity index (χ1n) is 8.87. The quantitative estimate of drug-likeness (QED) is 0.354. The van der Waals surface area contributed by atoms with Crippen LogP contribution in [0.2, 0.25) is 15.1 Å². The molecule has 0 unspecified atom stereocenters. The Labute approximate surface area is 187 Å². The number of fused-ring (bicyclic) bond motifs is 1. The number of methoxy groups -OCH3 is 1. The second-order valence-electron chi connectivity index (χ2n) is 6.59. The molecule has 0 fully saturated rings. The van der Waals surface area contributed by atoms with Gasteiger partial charge in [0.2, 0.25) is 5.89 Å². The number of nitrogens with one attached hydrogen (secondary N) is 1. The first-order chi connectivity index (χ1) is 14.4. The zero-order valence-corrected chi connectivity index (χ0v) is 18.2. The van der Waals surface area contributed by atoms with Gasteiger partial charge in [-0.3, -0.25) is 4.79 Å². The predicted molar refractivity (Wildman–Crippen MR) is 120 cm³/mol. The van der Waals surface area contributed by atoms with E-state index >= 15 is 0 Å². The lowest BCUT2D eigenvalue weighted by molar-refractivity contribution is 0.102. The van der Waals surface area contributed by atoms with Gasteiger partial charge < -0.3 is 14.5 Å². The molecule has 0 aliphatic carbocycles. The molecule has 0 spiro atoms. The second-order valence-corrected chi connectivity index (χ2v) is 7.84. The summed E-state index contributed by atoms with van der Waals surface area (Å²) in [5, 5.41) is 4.03. The first kappa shape index (κ1) is 20.5. The van der Waals surface area contributed by atoms with E-state index in [0.29, 0.717) is 32.7 Å². The molecule has 0 saturated carbocycles. The summed E-state index contributed by atoms with van der Waals surface area (Å²) in [6.07, 6.45) is 0. The number of aryl methyl sites for hydroxylation is 1. The molecule has 4 aromatic rings. The number of rotatable bonds is 4. The summed E-state index contributed by atoms with van der Waals surface area (Å²) in [6.45, 7) is 1.93. The molecule has 1 N–H and O–H groups in total. The van der Waals surface area contributed by atoms with Crippen LogP contribution in [0.5, 0.6) is 5.75 Å². The second kappa shape index (κ2) is 8.19. The van der Waals surface area contributed by atoms with Crippen molar-refractivity contribution in [3.8, 4) is 17.2 Å². The number of carbonyl (C=O) groups is 1. The van der Waals surface area contributed by atoms with Gasteiger partial charge in [-0.2, -0.15) is 0 Å². The Morgan fingerprint density at radius 3 is 2.57 bits per heavy atom. The minimum Gasteiger partial charge on any atom is -0.494 e. The number of hydrogen-bond donors (Lipinski definition) is 1. The molecule has 0 radical (unpaired) electrons. The molecule has 5 nitrogen and oxygen atoms in total. The van der Waals surface area contributed by atoms with E-state index in [2.05, 4.69) is 10.3 Å². The van der Waals surface area contributed by atoms with Crippen LogP contribution in [-0.4, -0.2) is 18.0 Å². The van der Waals surface area contributed by atoms with Crippen molar-refractivity contribution in [3.05, 3.63) is 74.7 Å². The Kier molecular flexibility index (Phi) is 5.60. The monoisotopic (exact) mass is 460 g/mol. The molecule has 30 heavy (non-hydrogen) atoms. The zero-order chi connectivity index (χ0) is 21.4.